The van der Waals surface area contributed by atoms with Crippen LogP contribution < -0.4 is 18.9 Å². The molecule has 3 heteroatoms. The van der Waals surface area contributed by atoms with Gasteiger partial charge in [-0.05, 0) is 19.3 Å². The topological polar surface area (TPSA) is 26.3 Å². The molecule has 0 aromatic rings. The Bertz CT molecular complexity index is 170. The molecule has 2 nitrogen and oxygen atoms in total. The molecule has 0 N–H and O–H groups in total. The fraction of sp³-hybridized carbons (Fsp3) is 0.917. The van der Waals surface area contributed by atoms with Crippen LogP contribution in [0.25, 0.3) is 0 Å². The molecule has 15 heavy (non-hydrogen) atoms. The van der Waals surface area contributed by atoms with Crippen molar-refractivity contribution < 1.29 is 29.8 Å². The zero-order valence-corrected chi connectivity index (χ0v) is 10.3. The zero-order chi connectivity index (χ0) is 10.2. The van der Waals surface area contributed by atoms with Crippen LogP contribution in [0.4, 0.5) is 0 Å². The smallest absolute Gasteiger partial charge is 1.00 e. The van der Waals surface area contributed by atoms with Crippen molar-refractivity contribution in [3.63, 3.8) is 0 Å². The Hall–Kier alpha value is 0.0674. The minimum atomic E-state index is 0. The fourth-order valence-corrected chi connectivity index (χ4v) is 1.98. The predicted octanol–water partition coefficient (Wildman–Crippen LogP) is 0.417. The van der Waals surface area contributed by atoms with Crippen molar-refractivity contribution >= 4 is 5.97 Å². The van der Waals surface area contributed by atoms with Crippen molar-refractivity contribution in [3.05, 3.63) is 0 Å². The van der Waals surface area contributed by atoms with Crippen LogP contribution in [0.3, 0.4) is 0 Å². The number of hydrogen-bond acceptors (Lipinski definition) is 2. The van der Waals surface area contributed by atoms with Crippen LogP contribution in [-0.2, 0) is 9.53 Å². The minimum Gasteiger partial charge on any atom is -1.00 e. The molecule has 1 saturated carbocycles. The van der Waals surface area contributed by atoms with Gasteiger partial charge in [0.1, 0.15) is 0 Å². The van der Waals surface area contributed by atoms with Gasteiger partial charge >= 0.3 is 24.8 Å². The van der Waals surface area contributed by atoms with E-state index in [0.717, 1.165) is 25.7 Å². The van der Waals surface area contributed by atoms with Crippen molar-refractivity contribution in [1.82, 2.24) is 0 Å². The van der Waals surface area contributed by atoms with E-state index in [0.29, 0.717) is 6.61 Å². The summed E-state index contributed by atoms with van der Waals surface area (Å²) in [6, 6.07) is 0. The standard InChI is InChI=1S/C12H22O2.Li.H/c1-2-3-7-10-14-12(13)11-8-5-4-6-9-11;;/h11H,2-10H2,1H3;;/q;+1;-1. The summed E-state index contributed by atoms with van der Waals surface area (Å²) in [5.74, 6) is 0.270. The molecule has 84 valence electrons. The van der Waals surface area contributed by atoms with E-state index in [2.05, 4.69) is 6.92 Å². The second kappa shape index (κ2) is 9.30. The Morgan fingerprint density at radius 2 is 1.93 bits per heavy atom. The van der Waals surface area contributed by atoms with Crippen molar-refractivity contribution in [3.8, 4) is 0 Å². The van der Waals surface area contributed by atoms with E-state index >= 15 is 0 Å². The normalized spacial score (nSPS) is 16.9. The van der Waals surface area contributed by atoms with E-state index in [9.17, 15) is 4.79 Å². The molecular formula is C12H23LiO2. The molecule has 1 rings (SSSR count). The van der Waals surface area contributed by atoms with Gasteiger partial charge in [0.15, 0.2) is 0 Å². The number of esters is 1. The maximum atomic E-state index is 11.5. The molecular weight excluding hydrogens is 183 g/mol. The van der Waals surface area contributed by atoms with Gasteiger partial charge in [0.2, 0.25) is 0 Å². The molecule has 0 radical (unpaired) electrons. The van der Waals surface area contributed by atoms with Gasteiger partial charge in [-0.3, -0.25) is 4.79 Å². The first-order valence-corrected chi connectivity index (χ1v) is 6.01. The second-order valence-corrected chi connectivity index (χ2v) is 4.21. The Morgan fingerprint density at radius 1 is 1.27 bits per heavy atom. The summed E-state index contributed by atoms with van der Waals surface area (Å²) in [5.41, 5.74) is 0. The maximum absolute atomic E-state index is 11.5. The summed E-state index contributed by atoms with van der Waals surface area (Å²) in [6.45, 7) is 2.78. The van der Waals surface area contributed by atoms with E-state index in [4.69, 9.17) is 4.74 Å². The predicted molar refractivity (Wildman–Crippen MR) is 58.2 cm³/mol. The van der Waals surface area contributed by atoms with Crippen LogP contribution >= 0.6 is 0 Å². The molecule has 0 saturated heterocycles. The maximum Gasteiger partial charge on any atom is 1.00 e. The van der Waals surface area contributed by atoms with E-state index in [1.165, 1.54) is 25.7 Å². The third-order valence-electron chi connectivity index (χ3n) is 2.93. The van der Waals surface area contributed by atoms with Gasteiger partial charge in [0.05, 0.1) is 12.5 Å². The van der Waals surface area contributed by atoms with Gasteiger partial charge in [-0.15, -0.1) is 0 Å². The number of ether oxygens (including phenoxy) is 1. The van der Waals surface area contributed by atoms with E-state index in [1.807, 2.05) is 0 Å². The monoisotopic (exact) mass is 206 g/mol. The van der Waals surface area contributed by atoms with E-state index in [-0.39, 0.29) is 32.2 Å². The van der Waals surface area contributed by atoms with Crippen molar-refractivity contribution in [2.75, 3.05) is 6.61 Å². The molecule has 0 unspecified atom stereocenters. The molecule has 0 spiro atoms. The molecule has 1 fully saturated rings. The van der Waals surface area contributed by atoms with Crippen LogP contribution in [0.2, 0.25) is 0 Å². The van der Waals surface area contributed by atoms with Crippen LogP contribution in [-0.4, -0.2) is 12.6 Å². The largest absolute Gasteiger partial charge is 1.00 e. The summed E-state index contributed by atoms with van der Waals surface area (Å²) in [5, 5.41) is 0. The number of carbonyl (C=O) groups excluding carboxylic acids is 1. The first kappa shape index (κ1) is 15.1. The van der Waals surface area contributed by atoms with Crippen LogP contribution in [0.1, 0.15) is 59.7 Å². The summed E-state index contributed by atoms with van der Waals surface area (Å²) in [7, 11) is 0. The molecule has 0 heterocycles. The van der Waals surface area contributed by atoms with Gasteiger partial charge in [0, 0.05) is 0 Å². The summed E-state index contributed by atoms with van der Waals surface area (Å²) in [4.78, 5) is 11.5. The first-order chi connectivity index (χ1) is 6.84. The quantitative estimate of drug-likeness (QED) is 0.370. The SMILES string of the molecule is CCCCCOC(=O)C1CCCCC1.[H-].[Li+]. The Kier molecular flexibility index (Phi) is 9.35. The zero-order valence-electron chi connectivity index (χ0n) is 11.3. The van der Waals surface area contributed by atoms with E-state index in [1.54, 1.807) is 0 Å². The molecule has 0 amide bonds. The van der Waals surface area contributed by atoms with Gasteiger partial charge < -0.3 is 6.16 Å². The van der Waals surface area contributed by atoms with Gasteiger partial charge in [-0.25, -0.2) is 0 Å². The number of carbonyl (C=O) groups is 1. The summed E-state index contributed by atoms with van der Waals surface area (Å²) < 4.78 is 5.24. The van der Waals surface area contributed by atoms with E-state index < -0.39 is 0 Å². The third kappa shape index (κ3) is 6.28. The Morgan fingerprint density at radius 3 is 2.53 bits per heavy atom. The molecule has 0 aromatic carbocycles. The van der Waals surface area contributed by atoms with Crippen LogP contribution in [0, 0.1) is 5.92 Å². The first-order valence-electron chi connectivity index (χ1n) is 6.01. The average Bonchev–Trinajstić information content (AvgIpc) is 2.25. The molecule has 1 aliphatic rings. The molecule has 0 aromatic heterocycles. The number of rotatable bonds is 5. The number of unbranched alkanes of at least 4 members (excludes halogenated alkanes) is 2. The minimum absolute atomic E-state index is 0. The van der Waals surface area contributed by atoms with Gasteiger partial charge in [0.25, 0.3) is 0 Å². The van der Waals surface area contributed by atoms with Crippen molar-refractivity contribution in [1.29, 1.82) is 0 Å². The molecule has 0 aliphatic heterocycles. The molecule has 1 aliphatic carbocycles. The molecule has 0 atom stereocenters. The van der Waals surface area contributed by atoms with Crippen LogP contribution in [0.15, 0.2) is 0 Å². The van der Waals surface area contributed by atoms with Gasteiger partial charge in [-0.2, -0.15) is 0 Å². The van der Waals surface area contributed by atoms with Crippen molar-refractivity contribution in [2.24, 2.45) is 5.92 Å². The third-order valence-corrected chi connectivity index (χ3v) is 2.93. The summed E-state index contributed by atoms with van der Waals surface area (Å²) in [6.07, 6.45) is 9.16. The Balaban J connectivity index is 0. The molecule has 0 bridgehead atoms. The summed E-state index contributed by atoms with van der Waals surface area (Å²) >= 11 is 0. The fourth-order valence-electron chi connectivity index (χ4n) is 1.98. The Labute approximate surface area is 107 Å². The van der Waals surface area contributed by atoms with Crippen molar-refractivity contribution in [2.45, 2.75) is 58.3 Å². The average molecular weight is 206 g/mol. The van der Waals surface area contributed by atoms with Gasteiger partial charge in [-0.1, -0.05) is 39.0 Å². The number of hydrogen-bond donors (Lipinski definition) is 0. The second-order valence-electron chi connectivity index (χ2n) is 4.21. The van der Waals surface area contributed by atoms with Crippen LogP contribution in [0.5, 0.6) is 0 Å².